The van der Waals surface area contributed by atoms with Crippen LogP contribution in [0.15, 0.2) is 53.4 Å². The van der Waals surface area contributed by atoms with Crippen LogP contribution < -0.4 is 0 Å². The number of non-ortho nitro benzene ring substituents is 1. The smallest absolute Gasteiger partial charge is 0.258 e. The highest BCUT2D eigenvalue weighted by molar-refractivity contribution is 7.89. The zero-order valence-corrected chi connectivity index (χ0v) is 18.0. The van der Waals surface area contributed by atoms with Gasteiger partial charge in [0.25, 0.3) is 5.69 Å². The molecule has 2 aromatic carbocycles. The maximum Gasteiger partial charge on any atom is 0.269 e. The summed E-state index contributed by atoms with van der Waals surface area (Å²) >= 11 is 0. The predicted molar refractivity (Wildman–Crippen MR) is 111 cm³/mol. The van der Waals surface area contributed by atoms with Gasteiger partial charge in [-0.05, 0) is 24.6 Å². The van der Waals surface area contributed by atoms with Crippen LogP contribution in [0, 0.1) is 28.5 Å². The van der Waals surface area contributed by atoms with E-state index in [1.165, 1.54) is 16.4 Å². The SMILES string of the molecule is Cc1ccc(S(=O)(=O)N2[C@H](c3ccc([N+](=O)[O-])cc3)[C@@H]2C#C[Si](C)(C)C)cc1. The van der Waals surface area contributed by atoms with Crippen LogP contribution in [-0.2, 0) is 10.0 Å². The van der Waals surface area contributed by atoms with Gasteiger partial charge < -0.3 is 0 Å². The van der Waals surface area contributed by atoms with Crippen LogP contribution >= 0.6 is 0 Å². The first-order valence-corrected chi connectivity index (χ1v) is 13.8. The fraction of sp³-hybridized carbons (Fsp3) is 0.300. The first-order valence-electron chi connectivity index (χ1n) is 8.88. The van der Waals surface area contributed by atoms with E-state index in [4.69, 9.17) is 0 Å². The molecule has 146 valence electrons. The molecule has 0 aliphatic carbocycles. The van der Waals surface area contributed by atoms with Gasteiger partial charge in [0, 0.05) is 12.1 Å². The number of hydrogen-bond acceptors (Lipinski definition) is 4. The summed E-state index contributed by atoms with van der Waals surface area (Å²) in [4.78, 5) is 10.6. The molecule has 1 heterocycles. The maximum atomic E-state index is 13.2. The van der Waals surface area contributed by atoms with Crippen LogP contribution in [0.1, 0.15) is 17.2 Å². The molecule has 0 saturated carbocycles. The quantitative estimate of drug-likeness (QED) is 0.250. The summed E-state index contributed by atoms with van der Waals surface area (Å²) in [6.07, 6.45) is 0. The molecule has 1 unspecified atom stereocenters. The molecule has 0 radical (unpaired) electrons. The fourth-order valence-corrected chi connectivity index (χ4v) is 5.15. The largest absolute Gasteiger partial charge is 0.269 e. The van der Waals surface area contributed by atoms with E-state index >= 15 is 0 Å². The van der Waals surface area contributed by atoms with Gasteiger partial charge in [0.05, 0.1) is 15.9 Å². The Balaban J connectivity index is 1.99. The van der Waals surface area contributed by atoms with Gasteiger partial charge in [-0.3, -0.25) is 10.1 Å². The molecule has 0 spiro atoms. The molecular weight excluding hydrogens is 392 g/mol. The topological polar surface area (TPSA) is 80.3 Å². The van der Waals surface area contributed by atoms with E-state index in [0.29, 0.717) is 5.56 Å². The van der Waals surface area contributed by atoms with Crippen LogP contribution in [0.5, 0.6) is 0 Å². The molecule has 28 heavy (non-hydrogen) atoms. The predicted octanol–water partition coefficient (Wildman–Crippen LogP) is 3.90. The number of rotatable bonds is 4. The summed E-state index contributed by atoms with van der Waals surface area (Å²) in [6.45, 7) is 8.20. The molecule has 6 nitrogen and oxygen atoms in total. The number of hydrogen-bond donors (Lipinski definition) is 0. The number of nitrogens with zero attached hydrogens (tertiary/aromatic N) is 2. The normalized spacial score (nSPS) is 21.5. The number of aryl methyl sites for hydroxylation is 1. The Morgan fingerprint density at radius 1 is 1.04 bits per heavy atom. The van der Waals surface area contributed by atoms with Gasteiger partial charge in [0.1, 0.15) is 14.1 Å². The van der Waals surface area contributed by atoms with Gasteiger partial charge in [0.15, 0.2) is 0 Å². The van der Waals surface area contributed by atoms with Crippen molar-refractivity contribution in [2.45, 2.75) is 43.5 Å². The minimum absolute atomic E-state index is 0.0259. The number of nitro benzene ring substituents is 1. The molecule has 1 aliphatic rings. The van der Waals surface area contributed by atoms with E-state index in [-0.39, 0.29) is 10.6 Å². The maximum absolute atomic E-state index is 13.2. The summed E-state index contributed by atoms with van der Waals surface area (Å²) in [7, 11) is -5.39. The average molecular weight is 415 g/mol. The van der Waals surface area contributed by atoms with Crippen molar-refractivity contribution >= 4 is 23.8 Å². The zero-order valence-electron chi connectivity index (χ0n) is 16.2. The summed E-state index contributed by atoms with van der Waals surface area (Å²) in [5.41, 5.74) is 4.91. The van der Waals surface area contributed by atoms with Gasteiger partial charge in [0.2, 0.25) is 10.0 Å². The van der Waals surface area contributed by atoms with Gasteiger partial charge >= 0.3 is 0 Å². The van der Waals surface area contributed by atoms with Gasteiger partial charge in [-0.1, -0.05) is 55.4 Å². The highest BCUT2D eigenvalue weighted by atomic mass is 32.2. The second-order valence-electron chi connectivity index (χ2n) is 7.91. The van der Waals surface area contributed by atoms with Gasteiger partial charge in [-0.25, -0.2) is 8.42 Å². The van der Waals surface area contributed by atoms with Crippen LogP contribution in [-0.4, -0.2) is 31.8 Å². The standard InChI is InChI=1S/C20H22N2O4SSi/c1-15-5-11-18(12-6-15)27(25,26)21-19(13-14-28(2,3)4)20(21)16-7-9-17(10-8-16)22(23)24/h5-12,19-20H,1-4H3/t19-,20+,21?/m0/s1. The Hall–Kier alpha value is -2.47. The van der Waals surface area contributed by atoms with Crippen molar-refractivity contribution in [3.63, 3.8) is 0 Å². The molecule has 0 N–H and O–H groups in total. The number of nitro groups is 1. The molecule has 0 amide bonds. The molecule has 3 atom stereocenters. The molecule has 1 fully saturated rings. The molecule has 0 aromatic heterocycles. The molecular formula is C20H22N2O4SSi. The fourth-order valence-electron chi connectivity index (χ4n) is 2.90. The molecule has 1 saturated heterocycles. The second-order valence-corrected chi connectivity index (χ2v) is 14.5. The lowest BCUT2D eigenvalue weighted by Gasteiger charge is -2.07. The van der Waals surface area contributed by atoms with E-state index in [0.717, 1.165) is 5.56 Å². The van der Waals surface area contributed by atoms with Crippen LogP contribution in [0.4, 0.5) is 5.69 Å². The average Bonchev–Trinajstić information content (AvgIpc) is 3.35. The van der Waals surface area contributed by atoms with Crippen LogP contribution in [0.3, 0.4) is 0 Å². The van der Waals surface area contributed by atoms with Crippen molar-refractivity contribution in [2.24, 2.45) is 0 Å². The van der Waals surface area contributed by atoms with Crippen LogP contribution in [0.25, 0.3) is 0 Å². The highest BCUT2D eigenvalue weighted by Gasteiger charge is 2.55. The van der Waals surface area contributed by atoms with E-state index in [1.54, 1.807) is 36.4 Å². The van der Waals surface area contributed by atoms with Crippen molar-refractivity contribution < 1.29 is 13.3 Å². The third-order valence-corrected chi connectivity index (χ3v) is 7.17. The van der Waals surface area contributed by atoms with E-state index in [2.05, 4.69) is 31.1 Å². The Kier molecular flexibility index (Phi) is 5.19. The molecule has 0 bridgehead atoms. The minimum atomic E-state index is -3.71. The van der Waals surface area contributed by atoms with Crippen molar-refractivity contribution in [3.05, 3.63) is 69.8 Å². The van der Waals surface area contributed by atoms with Crippen molar-refractivity contribution in [1.82, 2.24) is 4.31 Å². The number of benzene rings is 2. The van der Waals surface area contributed by atoms with Gasteiger partial charge in [-0.15, -0.1) is 5.54 Å². The van der Waals surface area contributed by atoms with Gasteiger partial charge in [-0.2, -0.15) is 4.31 Å². The first kappa shape index (κ1) is 20.3. The molecule has 1 aliphatic heterocycles. The van der Waals surface area contributed by atoms with Crippen LogP contribution in [0.2, 0.25) is 19.6 Å². The lowest BCUT2D eigenvalue weighted by Crippen LogP contribution is -2.18. The third kappa shape index (κ3) is 4.17. The van der Waals surface area contributed by atoms with E-state index in [9.17, 15) is 18.5 Å². The summed E-state index contributed by atoms with van der Waals surface area (Å²) in [5.74, 6) is 3.14. The van der Waals surface area contributed by atoms with E-state index < -0.39 is 35.1 Å². The first-order chi connectivity index (χ1) is 13.0. The van der Waals surface area contributed by atoms with E-state index in [1.807, 2.05) is 6.92 Å². The molecule has 3 rings (SSSR count). The number of sulfonamides is 1. The Morgan fingerprint density at radius 2 is 1.61 bits per heavy atom. The highest BCUT2D eigenvalue weighted by Crippen LogP contribution is 2.47. The second kappa shape index (κ2) is 7.17. The summed E-state index contributed by atoms with van der Waals surface area (Å²) in [5, 5.41) is 10.9. The monoisotopic (exact) mass is 414 g/mol. The third-order valence-electron chi connectivity index (χ3n) is 4.39. The summed E-state index contributed by atoms with van der Waals surface area (Å²) < 4.78 is 27.7. The zero-order chi connectivity index (χ0) is 20.7. The van der Waals surface area contributed by atoms with Crippen molar-refractivity contribution in [2.75, 3.05) is 0 Å². The Labute approximate surface area is 166 Å². The van der Waals surface area contributed by atoms with Crippen molar-refractivity contribution in [1.29, 1.82) is 0 Å². The molecule has 2 aromatic rings. The van der Waals surface area contributed by atoms with Crippen molar-refractivity contribution in [3.8, 4) is 11.5 Å². The lowest BCUT2D eigenvalue weighted by molar-refractivity contribution is -0.384. The summed E-state index contributed by atoms with van der Waals surface area (Å²) in [6, 6.07) is 11.8. The lowest BCUT2D eigenvalue weighted by atomic mass is 10.1. The Bertz CT molecular complexity index is 1060. The minimum Gasteiger partial charge on any atom is -0.258 e. The molecule has 8 heteroatoms. The Morgan fingerprint density at radius 3 is 2.11 bits per heavy atom.